The van der Waals surface area contributed by atoms with Crippen LogP contribution in [0.4, 0.5) is 0 Å². The summed E-state index contributed by atoms with van der Waals surface area (Å²) in [4.78, 5) is 0. The van der Waals surface area contributed by atoms with Gasteiger partial charge in [0.25, 0.3) is 0 Å². The van der Waals surface area contributed by atoms with Crippen LogP contribution >= 0.6 is 0 Å². The zero-order valence-corrected chi connectivity index (χ0v) is 10.4. The average Bonchev–Trinajstić information content (AvgIpc) is 1.99. The van der Waals surface area contributed by atoms with Gasteiger partial charge in [-0.15, -0.1) is 0 Å². The van der Waals surface area contributed by atoms with Gasteiger partial charge in [0.2, 0.25) is 10.0 Å². The van der Waals surface area contributed by atoms with Crippen molar-refractivity contribution in [3.8, 4) is 0 Å². The minimum Gasteiger partial charge on any atom is -0.396 e. The van der Waals surface area contributed by atoms with Gasteiger partial charge in [-0.05, 0) is 13.3 Å². The molecule has 0 aliphatic rings. The molecule has 15 heavy (non-hydrogen) atoms. The molecule has 0 saturated carbocycles. The van der Waals surface area contributed by atoms with Crippen molar-refractivity contribution in [3.63, 3.8) is 0 Å². The van der Waals surface area contributed by atoms with Crippen LogP contribution in [0.25, 0.3) is 0 Å². The molecule has 1 unspecified atom stereocenters. The van der Waals surface area contributed by atoms with E-state index in [1.165, 1.54) is 0 Å². The van der Waals surface area contributed by atoms with Gasteiger partial charge in [-0.2, -0.15) is 0 Å². The lowest BCUT2D eigenvalue weighted by Gasteiger charge is -2.12. The molecule has 0 heterocycles. The molecule has 2 N–H and O–H groups in total. The van der Waals surface area contributed by atoms with Crippen LogP contribution in [0, 0.1) is 0 Å². The SMILES string of the molecule is CC(CCO)NS(=O)(=O)CCS(C)(=O)=O. The first-order chi connectivity index (χ1) is 6.66. The largest absolute Gasteiger partial charge is 0.396 e. The fourth-order valence-electron chi connectivity index (χ4n) is 0.879. The quantitative estimate of drug-likeness (QED) is 0.593. The minimum atomic E-state index is -3.58. The maximum atomic E-state index is 11.3. The Morgan fingerprint density at radius 3 is 2.13 bits per heavy atom. The minimum absolute atomic E-state index is 0.115. The van der Waals surface area contributed by atoms with Crippen LogP contribution in [0.3, 0.4) is 0 Å². The van der Waals surface area contributed by atoms with Crippen molar-refractivity contribution in [1.29, 1.82) is 0 Å². The average molecular weight is 259 g/mol. The fourth-order valence-corrected chi connectivity index (χ4v) is 3.82. The predicted octanol–water partition coefficient (Wildman–Crippen LogP) is -1.28. The third-order valence-electron chi connectivity index (χ3n) is 1.67. The van der Waals surface area contributed by atoms with Crippen molar-refractivity contribution < 1.29 is 21.9 Å². The highest BCUT2D eigenvalue weighted by molar-refractivity contribution is 7.93. The summed E-state index contributed by atoms with van der Waals surface area (Å²) in [6.45, 7) is 1.49. The molecule has 0 saturated heterocycles. The summed E-state index contributed by atoms with van der Waals surface area (Å²) in [6, 6.07) is -0.389. The Morgan fingerprint density at radius 1 is 1.20 bits per heavy atom. The van der Waals surface area contributed by atoms with Gasteiger partial charge in [-0.1, -0.05) is 0 Å². The van der Waals surface area contributed by atoms with Crippen LogP contribution in [-0.4, -0.2) is 52.4 Å². The first-order valence-corrected chi connectivity index (χ1v) is 8.16. The number of sulfone groups is 1. The second kappa shape index (κ2) is 5.78. The molecule has 0 aromatic rings. The predicted molar refractivity (Wildman–Crippen MR) is 57.8 cm³/mol. The van der Waals surface area contributed by atoms with Gasteiger partial charge < -0.3 is 5.11 Å². The molecule has 0 aliphatic carbocycles. The van der Waals surface area contributed by atoms with Gasteiger partial charge >= 0.3 is 0 Å². The number of sulfonamides is 1. The second-order valence-corrected chi connectivity index (χ2v) is 7.61. The van der Waals surface area contributed by atoms with E-state index in [4.69, 9.17) is 5.11 Å². The summed E-state index contributed by atoms with van der Waals surface area (Å²) in [5.74, 6) is -0.838. The lowest BCUT2D eigenvalue weighted by Crippen LogP contribution is -2.36. The normalized spacial score (nSPS) is 15.1. The number of hydrogen-bond acceptors (Lipinski definition) is 5. The molecule has 0 aromatic heterocycles. The van der Waals surface area contributed by atoms with Crippen LogP contribution < -0.4 is 4.72 Å². The van der Waals surface area contributed by atoms with Crippen LogP contribution in [0.5, 0.6) is 0 Å². The monoisotopic (exact) mass is 259 g/mol. The smallest absolute Gasteiger partial charge is 0.212 e. The van der Waals surface area contributed by atoms with Gasteiger partial charge in [0, 0.05) is 18.9 Å². The van der Waals surface area contributed by atoms with E-state index >= 15 is 0 Å². The Kier molecular flexibility index (Phi) is 5.71. The zero-order chi connectivity index (χ0) is 12.1. The molecule has 0 rings (SSSR count). The van der Waals surface area contributed by atoms with E-state index in [2.05, 4.69) is 4.72 Å². The molecule has 0 amide bonds. The highest BCUT2D eigenvalue weighted by Gasteiger charge is 2.16. The maximum absolute atomic E-state index is 11.3. The van der Waals surface area contributed by atoms with E-state index in [0.717, 1.165) is 6.26 Å². The third kappa shape index (κ3) is 8.79. The van der Waals surface area contributed by atoms with Gasteiger partial charge in [-0.3, -0.25) is 0 Å². The summed E-state index contributed by atoms with van der Waals surface area (Å²) < 4.78 is 46.4. The number of nitrogens with one attached hydrogen (secondary N) is 1. The molecular formula is C7H17NO5S2. The Morgan fingerprint density at radius 2 is 1.73 bits per heavy atom. The van der Waals surface area contributed by atoms with Crippen LogP contribution in [0.15, 0.2) is 0 Å². The highest BCUT2D eigenvalue weighted by Crippen LogP contribution is 1.95. The second-order valence-electron chi connectivity index (χ2n) is 3.48. The number of rotatable bonds is 7. The molecule has 0 fully saturated rings. The van der Waals surface area contributed by atoms with E-state index in [0.29, 0.717) is 6.42 Å². The van der Waals surface area contributed by atoms with Gasteiger partial charge in [0.05, 0.1) is 11.5 Å². The van der Waals surface area contributed by atoms with Gasteiger partial charge in [-0.25, -0.2) is 21.6 Å². The van der Waals surface area contributed by atoms with E-state index in [-0.39, 0.29) is 12.6 Å². The van der Waals surface area contributed by atoms with Crippen molar-refractivity contribution in [2.24, 2.45) is 0 Å². The van der Waals surface area contributed by atoms with E-state index < -0.39 is 31.4 Å². The first-order valence-electron chi connectivity index (χ1n) is 4.45. The van der Waals surface area contributed by atoms with Crippen LogP contribution in [0.2, 0.25) is 0 Å². The van der Waals surface area contributed by atoms with Gasteiger partial charge in [0.1, 0.15) is 9.84 Å². The van der Waals surface area contributed by atoms with Crippen molar-refractivity contribution in [2.45, 2.75) is 19.4 Å². The summed E-state index contributed by atoms with van der Waals surface area (Å²) in [6.07, 6.45) is 1.29. The molecule has 1 atom stereocenters. The Balaban J connectivity index is 4.21. The summed E-state index contributed by atoms with van der Waals surface area (Å²) in [5.41, 5.74) is 0. The molecule has 0 aliphatic heterocycles. The highest BCUT2D eigenvalue weighted by atomic mass is 32.2. The topological polar surface area (TPSA) is 101 Å². The Hall–Kier alpha value is -0.180. The molecule has 6 nitrogen and oxygen atoms in total. The molecule has 0 bridgehead atoms. The number of aliphatic hydroxyl groups excluding tert-OH is 1. The molecular weight excluding hydrogens is 242 g/mol. The Bertz CT molecular complexity index is 372. The van der Waals surface area contributed by atoms with E-state index in [9.17, 15) is 16.8 Å². The lowest BCUT2D eigenvalue weighted by atomic mass is 10.3. The van der Waals surface area contributed by atoms with Crippen molar-refractivity contribution in [3.05, 3.63) is 0 Å². The molecule has 0 aromatic carbocycles. The van der Waals surface area contributed by atoms with E-state index in [1.54, 1.807) is 6.92 Å². The summed E-state index contributed by atoms with van der Waals surface area (Å²) in [5, 5.41) is 8.56. The van der Waals surface area contributed by atoms with Crippen molar-refractivity contribution >= 4 is 19.9 Å². The third-order valence-corrected chi connectivity index (χ3v) is 4.37. The molecule has 8 heteroatoms. The lowest BCUT2D eigenvalue weighted by molar-refractivity contribution is 0.275. The maximum Gasteiger partial charge on any atom is 0.212 e. The fraction of sp³-hybridized carbons (Fsp3) is 1.00. The Labute approximate surface area is 90.7 Å². The van der Waals surface area contributed by atoms with Crippen LogP contribution in [0.1, 0.15) is 13.3 Å². The van der Waals surface area contributed by atoms with Crippen LogP contribution in [-0.2, 0) is 19.9 Å². The van der Waals surface area contributed by atoms with E-state index in [1.807, 2.05) is 0 Å². The van der Waals surface area contributed by atoms with Crippen molar-refractivity contribution in [1.82, 2.24) is 4.72 Å². The summed E-state index contributed by atoms with van der Waals surface area (Å²) >= 11 is 0. The van der Waals surface area contributed by atoms with Crippen molar-refractivity contribution in [2.75, 3.05) is 24.4 Å². The molecule has 92 valence electrons. The molecule has 0 radical (unpaired) electrons. The zero-order valence-electron chi connectivity index (χ0n) is 8.80. The standard InChI is InChI=1S/C7H17NO5S2/c1-7(3-4-9)8-15(12,13)6-5-14(2,10)11/h7-9H,3-6H2,1-2H3. The number of hydrogen-bond donors (Lipinski definition) is 2. The molecule has 0 spiro atoms. The van der Waals surface area contributed by atoms with Gasteiger partial charge in [0.15, 0.2) is 0 Å². The number of aliphatic hydroxyl groups is 1. The summed E-state index contributed by atoms with van der Waals surface area (Å²) in [7, 11) is -6.85. The first kappa shape index (κ1) is 14.8.